The lowest BCUT2D eigenvalue weighted by Gasteiger charge is -2.24. The van der Waals surface area contributed by atoms with E-state index >= 15 is 0 Å². The average Bonchev–Trinajstić information content (AvgIpc) is 3.46. The van der Waals surface area contributed by atoms with E-state index in [0.29, 0.717) is 55.2 Å². The van der Waals surface area contributed by atoms with Crippen LogP contribution in [0.1, 0.15) is 73.8 Å². The molecule has 40 heavy (non-hydrogen) atoms. The Labute approximate surface area is 234 Å². The highest BCUT2D eigenvalue weighted by molar-refractivity contribution is 5.96. The fourth-order valence-corrected chi connectivity index (χ4v) is 4.32. The Morgan fingerprint density at radius 3 is 2.38 bits per heavy atom. The fraction of sp³-hybridized carbons (Fsp3) is 0.500. The van der Waals surface area contributed by atoms with Crippen LogP contribution in [0.4, 0.5) is 0 Å². The maximum absolute atomic E-state index is 12.9. The quantitative estimate of drug-likeness (QED) is 0.0739. The highest BCUT2D eigenvalue weighted by Gasteiger charge is 2.32. The second kappa shape index (κ2) is 16.9. The van der Waals surface area contributed by atoms with Crippen molar-refractivity contribution in [1.82, 2.24) is 21.4 Å². The molecule has 2 atom stereocenters. The Balaban J connectivity index is 2.09. The van der Waals surface area contributed by atoms with E-state index in [0.717, 1.165) is 19.3 Å². The molecule has 12 nitrogen and oxygen atoms in total. The van der Waals surface area contributed by atoms with E-state index in [4.69, 9.17) is 20.1 Å². The topological polar surface area (TPSA) is 185 Å². The molecule has 1 heterocycles. The van der Waals surface area contributed by atoms with E-state index in [2.05, 4.69) is 16.0 Å². The molecule has 4 amide bonds. The van der Waals surface area contributed by atoms with E-state index < -0.39 is 23.7 Å². The van der Waals surface area contributed by atoms with Crippen molar-refractivity contribution in [3.05, 3.63) is 41.7 Å². The lowest BCUT2D eigenvalue weighted by Crippen LogP contribution is -2.44. The summed E-state index contributed by atoms with van der Waals surface area (Å²) in [6.07, 6.45) is 3.47. The van der Waals surface area contributed by atoms with Crippen molar-refractivity contribution < 1.29 is 33.5 Å². The van der Waals surface area contributed by atoms with Crippen LogP contribution in [-0.4, -0.2) is 55.2 Å². The van der Waals surface area contributed by atoms with Crippen LogP contribution in [0.3, 0.4) is 0 Å². The molecule has 12 heteroatoms. The van der Waals surface area contributed by atoms with Crippen LogP contribution in [0.2, 0.25) is 0 Å². The van der Waals surface area contributed by atoms with Crippen LogP contribution < -0.4 is 31.9 Å². The van der Waals surface area contributed by atoms with Gasteiger partial charge in [-0.3, -0.25) is 24.4 Å². The predicted octanol–water partition coefficient (Wildman–Crippen LogP) is 2.57. The molecule has 0 unspecified atom stereocenters. The zero-order chi connectivity index (χ0) is 29.5. The van der Waals surface area contributed by atoms with E-state index in [-0.39, 0.29) is 24.2 Å². The summed E-state index contributed by atoms with van der Waals surface area (Å²) < 4.78 is 11.3. The summed E-state index contributed by atoms with van der Waals surface area (Å²) in [7, 11) is 0. The Morgan fingerprint density at radius 1 is 0.950 bits per heavy atom. The summed E-state index contributed by atoms with van der Waals surface area (Å²) in [5.41, 5.74) is 8.01. The molecule has 1 aromatic carbocycles. The van der Waals surface area contributed by atoms with Crippen molar-refractivity contribution in [2.75, 3.05) is 26.4 Å². The van der Waals surface area contributed by atoms with Crippen LogP contribution in [0.5, 0.6) is 5.75 Å². The highest BCUT2D eigenvalue weighted by atomic mass is 16.5. The predicted molar refractivity (Wildman–Crippen MR) is 149 cm³/mol. The summed E-state index contributed by atoms with van der Waals surface area (Å²) in [4.78, 5) is 50.2. The van der Waals surface area contributed by atoms with Gasteiger partial charge in [0.25, 0.3) is 11.8 Å². The van der Waals surface area contributed by atoms with E-state index in [1.54, 1.807) is 36.7 Å². The van der Waals surface area contributed by atoms with Gasteiger partial charge in [0.2, 0.25) is 11.8 Å². The van der Waals surface area contributed by atoms with Gasteiger partial charge in [-0.1, -0.05) is 33.1 Å². The number of carbonyl (C=O) groups is 4. The Bertz CT molecular complexity index is 1130. The van der Waals surface area contributed by atoms with E-state index in [1.165, 1.54) is 6.07 Å². The molecule has 0 bridgehead atoms. The number of nitrogens with one attached hydrogen (secondary N) is 4. The molecule has 0 fully saturated rings. The molecule has 220 valence electrons. The number of furan rings is 1. The van der Waals surface area contributed by atoms with Gasteiger partial charge in [0.1, 0.15) is 11.5 Å². The number of ether oxygens (including phenoxy) is 1. The molecule has 1 aromatic heterocycles. The van der Waals surface area contributed by atoms with Gasteiger partial charge < -0.3 is 30.8 Å². The van der Waals surface area contributed by atoms with Crippen LogP contribution in [0.25, 0.3) is 11.3 Å². The first-order chi connectivity index (χ1) is 19.3. The van der Waals surface area contributed by atoms with Crippen molar-refractivity contribution in [2.24, 2.45) is 17.6 Å². The summed E-state index contributed by atoms with van der Waals surface area (Å²) >= 11 is 0. The normalized spacial score (nSPS) is 12.2. The fourth-order valence-electron chi connectivity index (χ4n) is 4.32. The van der Waals surface area contributed by atoms with Crippen molar-refractivity contribution in [3.63, 3.8) is 0 Å². The molecule has 0 aliphatic rings. The standard InChI is InChI=1S/C28H41N5O7/c1-4-7-8-9-22(21(5-2)27(36)33-38)26(35)31-17-32-28(37)24-11-10-23(40-24)18-14-19(25(34)30-13-12-29)16-20(15-18)39-6-3/h10-11,14-16,21-22,38H,4-9,12-13,17,29H2,1-3H3,(H,30,34)(H,31,35)(H,32,37)(H,33,36)/t21-,22-/m1/s1. The van der Waals surface area contributed by atoms with Crippen LogP contribution in [0.15, 0.2) is 34.7 Å². The molecule has 0 radical (unpaired) electrons. The van der Waals surface area contributed by atoms with E-state index in [1.807, 2.05) is 13.8 Å². The molecular weight excluding hydrogens is 518 g/mol. The lowest BCUT2D eigenvalue weighted by molar-refractivity contribution is -0.140. The van der Waals surface area contributed by atoms with Gasteiger partial charge in [0, 0.05) is 30.1 Å². The molecule has 2 aromatic rings. The maximum Gasteiger partial charge on any atom is 0.288 e. The zero-order valence-corrected chi connectivity index (χ0v) is 23.4. The van der Waals surface area contributed by atoms with Crippen LogP contribution >= 0.6 is 0 Å². The summed E-state index contributed by atoms with van der Waals surface area (Å²) in [5.74, 6) is -2.40. The monoisotopic (exact) mass is 559 g/mol. The molecule has 0 saturated heterocycles. The molecule has 7 N–H and O–H groups in total. The number of hydroxylamine groups is 1. The minimum absolute atomic E-state index is 0.00536. The third kappa shape index (κ3) is 9.38. The van der Waals surface area contributed by atoms with Crippen molar-refractivity contribution in [3.8, 4) is 17.1 Å². The zero-order valence-electron chi connectivity index (χ0n) is 23.4. The summed E-state index contributed by atoms with van der Waals surface area (Å²) in [6, 6.07) is 8.03. The third-order valence-corrected chi connectivity index (χ3v) is 6.36. The largest absolute Gasteiger partial charge is 0.494 e. The molecule has 2 rings (SSSR count). The first-order valence-electron chi connectivity index (χ1n) is 13.7. The Morgan fingerprint density at radius 2 is 1.73 bits per heavy atom. The SMILES string of the molecule is CCCCC[C@@H](C(=O)NCNC(=O)c1ccc(-c2cc(OCC)cc(C(=O)NCCN)c2)o1)[C@@H](CC)C(=O)NO. The van der Waals surface area contributed by atoms with Crippen LogP contribution in [0, 0.1) is 11.8 Å². The number of benzene rings is 1. The van der Waals surface area contributed by atoms with Gasteiger partial charge in [-0.25, -0.2) is 5.48 Å². The van der Waals surface area contributed by atoms with Gasteiger partial charge in [0.05, 0.1) is 19.2 Å². The molecule has 0 aliphatic carbocycles. The Kier molecular flexibility index (Phi) is 13.7. The molecular formula is C28H41N5O7. The minimum Gasteiger partial charge on any atom is -0.494 e. The van der Waals surface area contributed by atoms with Gasteiger partial charge in [-0.2, -0.15) is 0 Å². The molecule has 0 spiro atoms. The number of unbranched alkanes of at least 4 members (excludes halogenated alkanes) is 2. The summed E-state index contributed by atoms with van der Waals surface area (Å²) in [6.45, 7) is 6.48. The number of nitrogens with two attached hydrogens (primary N) is 1. The maximum atomic E-state index is 12.9. The van der Waals surface area contributed by atoms with Gasteiger partial charge in [-0.05, 0) is 50.1 Å². The number of rotatable bonds is 17. The number of carbonyl (C=O) groups excluding carboxylic acids is 4. The molecule has 0 aliphatic heterocycles. The first-order valence-corrected chi connectivity index (χ1v) is 13.7. The third-order valence-electron chi connectivity index (χ3n) is 6.36. The van der Waals surface area contributed by atoms with Crippen molar-refractivity contribution in [1.29, 1.82) is 0 Å². The van der Waals surface area contributed by atoms with Crippen molar-refractivity contribution in [2.45, 2.75) is 52.9 Å². The number of hydrogen-bond acceptors (Lipinski definition) is 8. The van der Waals surface area contributed by atoms with E-state index in [9.17, 15) is 19.2 Å². The molecule has 0 saturated carbocycles. The van der Waals surface area contributed by atoms with Gasteiger partial charge in [0.15, 0.2) is 5.76 Å². The average molecular weight is 560 g/mol. The highest BCUT2D eigenvalue weighted by Crippen LogP contribution is 2.28. The smallest absolute Gasteiger partial charge is 0.288 e. The second-order valence-electron chi connectivity index (χ2n) is 9.20. The van der Waals surface area contributed by atoms with Gasteiger partial charge in [-0.15, -0.1) is 0 Å². The van der Waals surface area contributed by atoms with Crippen molar-refractivity contribution >= 4 is 23.6 Å². The minimum atomic E-state index is -0.695. The number of hydrogen-bond donors (Lipinski definition) is 6. The Hall–Kier alpha value is -3.90. The second-order valence-corrected chi connectivity index (χ2v) is 9.20. The van der Waals surface area contributed by atoms with Crippen LogP contribution in [-0.2, 0) is 9.59 Å². The number of amides is 4. The first kappa shape index (κ1) is 32.3. The summed E-state index contributed by atoms with van der Waals surface area (Å²) in [5, 5.41) is 17.0. The lowest BCUT2D eigenvalue weighted by atomic mass is 9.84. The van der Waals surface area contributed by atoms with Gasteiger partial charge >= 0.3 is 0 Å².